The van der Waals surface area contributed by atoms with Gasteiger partial charge in [-0.1, -0.05) is 67.4 Å². The molecule has 0 radical (unpaired) electrons. The Labute approximate surface area is 249 Å². The van der Waals surface area contributed by atoms with Crippen LogP contribution in [0.4, 0.5) is 5.82 Å². The molecule has 41 heavy (non-hydrogen) atoms. The molecule has 0 fully saturated rings. The van der Waals surface area contributed by atoms with Gasteiger partial charge in [-0.25, -0.2) is 4.68 Å². The van der Waals surface area contributed by atoms with Gasteiger partial charge in [0, 0.05) is 44.8 Å². The number of hydrogen-bond acceptors (Lipinski definition) is 5. The number of nitrogens with zero attached hydrogens (tertiary/aromatic N) is 2. The van der Waals surface area contributed by atoms with Gasteiger partial charge in [-0.05, 0) is 60.7 Å². The quantitative estimate of drug-likeness (QED) is 0.246. The number of ketones is 1. The Hall–Kier alpha value is -3.74. The van der Waals surface area contributed by atoms with Gasteiger partial charge in [0.15, 0.2) is 17.3 Å². The number of nitrogens with one attached hydrogen (secondary N) is 1. The molecule has 0 amide bonds. The van der Waals surface area contributed by atoms with Gasteiger partial charge in [-0.2, -0.15) is 5.10 Å². The fourth-order valence-electron chi connectivity index (χ4n) is 5.96. The predicted molar refractivity (Wildman–Crippen MR) is 163 cm³/mol. The second-order valence-corrected chi connectivity index (χ2v) is 12.3. The van der Waals surface area contributed by atoms with Crippen LogP contribution in [0.15, 0.2) is 78.0 Å². The van der Waals surface area contributed by atoms with Crippen molar-refractivity contribution in [2.45, 2.75) is 46.1 Å². The van der Waals surface area contributed by atoms with Crippen LogP contribution in [0.25, 0.3) is 5.69 Å². The van der Waals surface area contributed by atoms with Crippen LogP contribution >= 0.6 is 23.2 Å². The van der Waals surface area contributed by atoms with E-state index in [9.17, 15) is 4.79 Å². The molecule has 6 rings (SSSR count). The van der Waals surface area contributed by atoms with Crippen molar-refractivity contribution in [3.63, 3.8) is 0 Å². The topological polar surface area (TPSA) is 65.4 Å². The molecule has 1 aromatic heterocycles. The summed E-state index contributed by atoms with van der Waals surface area (Å²) < 4.78 is 13.8. The molecule has 0 saturated heterocycles. The summed E-state index contributed by atoms with van der Waals surface area (Å²) in [4.78, 5) is 13.8. The molecule has 0 unspecified atom stereocenters. The van der Waals surface area contributed by atoms with Crippen molar-refractivity contribution in [3.8, 4) is 17.2 Å². The molecule has 1 N–H and O–H groups in total. The van der Waals surface area contributed by atoms with E-state index in [1.165, 1.54) is 0 Å². The highest BCUT2D eigenvalue weighted by molar-refractivity contribution is 6.31. The third-order valence-corrected chi connectivity index (χ3v) is 8.39. The number of carbonyl (C=O) groups is 1. The van der Waals surface area contributed by atoms with Crippen molar-refractivity contribution >= 4 is 34.8 Å². The molecule has 8 heteroatoms. The van der Waals surface area contributed by atoms with Gasteiger partial charge in [0.2, 0.25) is 0 Å². The molecule has 2 heterocycles. The minimum atomic E-state index is -0.315. The summed E-state index contributed by atoms with van der Waals surface area (Å²) in [6.07, 6.45) is 1.23. The summed E-state index contributed by atoms with van der Waals surface area (Å²) >= 11 is 12.7. The maximum absolute atomic E-state index is 13.8. The minimum absolute atomic E-state index is 0.146. The zero-order valence-electron chi connectivity index (χ0n) is 23.4. The standard InChI is InChI=1S/C33H31Cl2N3O3/c1-19-29-30(20-12-13-27(28(14-20)40-4)41-18-21-8-5-6-11-24(21)35)31-25(16-33(2,3)17-26(31)39)36-32(29)38(37-19)23-10-7-9-22(34)15-23/h5-15,30,36H,16-18H2,1-4H3/t30-/m1/s1. The number of hydrogen-bond donors (Lipinski definition) is 1. The highest BCUT2D eigenvalue weighted by atomic mass is 35.5. The van der Waals surface area contributed by atoms with Gasteiger partial charge in [0.05, 0.1) is 18.5 Å². The lowest BCUT2D eigenvalue weighted by Gasteiger charge is -2.38. The first-order chi connectivity index (χ1) is 19.6. The number of methoxy groups -OCH3 is 1. The number of aromatic nitrogens is 2. The van der Waals surface area contributed by atoms with Crippen molar-refractivity contribution in [1.29, 1.82) is 0 Å². The number of Topliss-reactive ketones (excluding diaryl/α,β-unsaturated/α-hetero) is 1. The van der Waals surface area contributed by atoms with Crippen molar-refractivity contribution < 1.29 is 14.3 Å². The summed E-state index contributed by atoms with van der Waals surface area (Å²) in [6.45, 7) is 6.56. The molecule has 3 aromatic carbocycles. The van der Waals surface area contributed by atoms with E-state index in [-0.39, 0.29) is 17.1 Å². The fraction of sp³-hybridized carbons (Fsp3) is 0.273. The number of allylic oxidation sites excluding steroid dienone is 2. The van der Waals surface area contributed by atoms with Gasteiger partial charge in [0.1, 0.15) is 12.4 Å². The van der Waals surface area contributed by atoms with Gasteiger partial charge >= 0.3 is 0 Å². The number of rotatable bonds is 6. The Morgan fingerprint density at radius 2 is 1.83 bits per heavy atom. The van der Waals surface area contributed by atoms with E-state index in [1.807, 2.05) is 78.3 Å². The van der Waals surface area contributed by atoms with Gasteiger partial charge < -0.3 is 14.8 Å². The molecular formula is C33H31Cl2N3O3. The van der Waals surface area contributed by atoms with Crippen LogP contribution < -0.4 is 14.8 Å². The number of benzene rings is 3. The molecule has 210 valence electrons. The van der Waals surface area contributed by atoms with E-state index in [4.69, 9.17) is 37.8 Å². The summed E-state index contributed by atoms with van der Waals surface area (Å²) in [6, 6.07) is 21.1. The van der Waals surface area contributed by atoms with Crippen LogP contribution in [0.5, 0.6) is 11.5 Å². The van der Waals surface area contributed by atoms with Crippen LogP contribution in [0.2, 0.25) is 10.0 Å². The van der Waals surface area contributed by atoms with Gasteiger partial charge in [-0.3, -0.25) is 4.79 Å². The molecule has 0 saturated carbocycles. The Bertz CT molecular complexity index is 1710. The molecule has 1 aliphatic carbocycles. The zero-order chi connectivity index (χ0) is 28.9. The highest BCUT2D eigenvalue weighted by Crippen LogP contribution is 2.51. The van der Waals surface area contributed by atoms with E-state index in [1.54, 1.807) is 7.11 Å². The smallest absolute Gasteiger partial charge is 0.162 e. The number of carbonyl (C=O) groups excluding carboxylic acids is 1. The number of halogens is 2. The van der Waals surface area contributed by atoms with Crippen molar-refractivity contribution in [3.05, 3.63) is 110 Å². The average Bonchev–Trinajstić information content (AvgIpc) is 3.26. The molecule has 4 aromatic rings. The molecule has 1 aliphatic heterocycles. The molecule has 1 atom stereocenters. The first-order valence-corrected chi connectivity index (χ1v) is 14.3. The largest absolute Gasteiger partial charge is 0.493 e. The third kappa shape index (κ3) is 5.11. The van der Waals surface area contributed by atoms with E-state index in [0.29, 0.717) is 34.6 Å². The van der Waals surface area contributed by atoms with Crippen LogP contribution in [-0.2, 0) is 11.4 Å². The predicted octanol–water partition coefficient (Wildman–Crippen LogP) is 8.28. The number of ether oxygens (including phenoxy) is 2. The lowest BCUT2D eigenvalue weighted by Crippen LogP contribution is -2.34. The normalized spacial score (nSPS) is 17.5. The number of anilines is 1. The molecule has 2 aliphatic rings. The van der Waals surface area contributed by atoms with Crippen molar-refractivity contribution in [2.24, 2.45) is 5.41 Å². The van der Waals surface area contributed by atoms with E-state index in [0.717, 1.165) is 51.6 Å². The van der Waals surface area contributed by atoms with Gasteiger partial charge in [0.25, 0.3) is 0 Å². The van der Waals surface area contributed by atoms with Crippen LogP contribution in [0, 0.1) is 12.3 Å². The van der Waals surface area contributed by atoms with Crippen LogP contribution in [0.3, 0.4) is 0 Å². The first kappa shape index (κ1) is 27.4. The lowest BCUT2D eigenvalue weighted by molar-refractivity contribution is -0.118. The molecular weight excluding hydrogens is 557 g/mol. The maximum Gasteiger partial charge on any atom is 0.162 e. The second kappa shape index (κ2) is 10.6. The highest BCUT2D eigenvalue weighted by Gasteiger charge is 2.43. The molecule has 6 nitrogen and oxygen atoms in total. The summed E-state index contributed by atoms with van der Waals surface area (Å²) in [5.41, 5.74) is 6.03. The Kier molecular flexibility index (Phi) is 7.08. The fourth-order valence-corrected chi connectivity index (χ4v) is 6.33. The van der Waals surface area contributed by atoms with Crippen LogP contribution in [0.1, 0.15) is 55.0 Å². The Balaban J connectivity index is 1.46. The molecule has 0 bridgehead atoms. The average molecular weight is 589 g/mol. The summed E-state index contributed by atoms with van der Waals surface area (Å²) in [5.74, 6) is 1.86. The van der Waals surface area contributed by atoms with Crippen molar-refractivity contribution in [1.82, 2.24) is 9.78 Å². The second-order valence-electron chi connectivity index (χ2n) is 11.4. The summed E-state index contributed by atoms with van der Waals surface area (Å²) in [5, 5.41) is 9.82. The van der Waals surface area contributed by atoms with Crippen molar-refractivity contribution in [2.75, 3.05) is 12.4 Å². The van der Waals surface area contributed by atoms with E-state index >= 15 is 0 Å². The number of aryl methyl sites for hydroxylation is 1. The Morgan fingerprint density at radius 1 is 1.02 bits per heavy atom. The third-order valence-electron chi connectivity index (χ3n) is 7.79. The number of fused-ring (bicyclic) bond motifs is 1. The lowest BCUT2D eigenvalue weighted by atomic mass is 9.69. The minimum Gasteiger partial charge on any atom is -0.493 e. The summed E-state index contributed by atoms with van der Waals surface area (Å²) in [7, 11) is 1.62. The van der Waals surface area contributed by atoms with E-state index in [2.05, 4.69) is 19.2 Å². The van der Waals surface area contributed by atoms with Crippen LogP contribution in [-0.4, -0.2) is 22.7 Å². The monoisotopic (exact) mass is 587 g/mol. The SMILES string of the molecule is COc1cc([C@H]2C3=C(CC(C)(C)CC3=O)Nc3c2c(C)nn3-c2cccc(Cl)c2)ccc1OCc1ccccc1Cl. The zero-order valence-corrected chi connectivity index (χ0v) is 24.9. The molecule has 0 spiro atoms. The Morgan fingerprint density at radius 3 is 2.59 bits per heavy atom. The maximum atomic E-state index is 13.8. The van der Waals surface area contributed by atoms with Gasteiger partial charge in [-0.15, -0.1) is 0 Å². The first-order valence-electron chi connectivity index (χ1n) is 13.6. The van der Waals surface area contributed by atoms with E-state index < -0.39 is 0 Å².